The first-order valence-corrected chi connectivity index (χ1v) is 17.2. The number of carbonyl (C=O) groups is 3. The number of amides is 2. The maximum atomic E-state index is 14.1. The first kappa shape index (κ1) is 33.1. The number of esters is 1. The zero-order valence-corrected chi connectivity index (χ0v) is 27.7. The largest absolute Gasteiger partial charge is 0.460 e. The molecule has 3 aromatic rings. The summed E-state index contributed by atoms with van der Waals surface area (Å²) in [4.78, 5) is 41.3. The van der Waals surface area contributed by atoms with Crippen LogP contribution in [-0.2, 0) is 29.9 Å². The third kappa shape index (κ3) is 7.84. The molecule has 1 aliphatic heterocycles. The third-order valence-corrected chi connectivity index (χ3v) is 12.9. The van der Waals surface area contributed by atoms with Crippen LogP contribution in [0.2, 0.25) is 5.04 Å². The molecule has 2 atom stereocenters. The van der Waals surface area contributed by atoms with Gasteiger partial charge in [-0.1, -0.05) is 112 Å². The summed E-state index contributed by atoms with van der Waals surface area (Å²) in [6, 6.07) is 29.8. The van der Waals surface area contributed by atoms with Crippen molar-refractivity contribution >= 4 is 36.7 Å². The van der Waals surface area contributed by atoms with E-state index >= 15 is 0 Å². The van der Waals surface area contributed by atoms with Crippen molar-refractivity contribution in [1.29, 1.82) is 0 Å². The van der Waals surface area contributed by atoms with Gasteiger partial charge in [-0.2, -0.15) is 0 Å². The van der Waals surface area contributed by atoms with E-state index in [9.17, 15) is 14.4 Å². The maximum absolute atomic E-state index is 14.1. The minimum absolute atomic E-state index is 0.108. The second-order valence-corrected chi connectivity index (χ2v) is 17.7. The molecule has 0 saturated carbocycles. The van der Waals surface area contributed by atoms with Crippen LogP contribution in [0.15, 0.2) is 91.0 Å². The number of rotatable bonds is 11. The molecule has 4 rings (SSSR count). The highest BCUT2D eigenvalue weighted by Crippen LogP contribution is 2.37. The van der Waals surface area contributed by atoms with Crippen LogP contribution in [0.5, 0.6) is 0 Å². The van der Waals surface area contributed by atoms with Gasteiger partial charge >= 0.3 is 12.1 Å². The van der Waals surface area contributed by atoms with Crippen molar-refractivity contribution in [3.8, 4) is 0 Å². The lowest BCUT2D eigenvalue weighted by molar-refractivity contribution is -0.158. The van der Waals surface area contributed by atoms with Crippen LogP contribution in [0.25, 0.3) is 0 Å². The summed E-state index contributed by atoms with van der Waals surface area (Å²) >= 11 is 0. The Balaban J connectivity index is 1.63. The van der Waals surface area contributed by atoms with Crippen LogP contribution in [-0.4, -0.2) is 56.0 Å². The van der Waals surface area contributed by atoms with E-state index in [1.807, 2.05) is 66.7 Å². The Labute approximate surface area is 262 Å². The molecule has 7 nitrogen and oxygen atoms in total. The fraction of sp³-hybridized carbons (Fsp3) is 0.417. The van der Waals surface area contributed by atoms with Gasteiger partial charge in [0.05, 0.1) is 18.4 Å². The Hall–Kier alpha value is -3.75. The average Bonchev–Trinajstić information content (AvgIpc) is 3.33. The van der Waals surface area contributed by atoms with E-state index in [1.54, 1.807) is 20.8 Å². The fourth-order valence-electron chi connectivity index (χ4n) is 5.98. The monoisotopic (exact) mass is 615 g/mol. The SMILES string of the molecule is CC(C)(C)OC(=O)CC(CCO[Si](c1ccccc1)(c1ccccc1)C(C)(C)C)C(=O)N1C(=O)OCC1Cc1ccccc1. The highest BCUT2D eigenvalue weighted by Gasteiger charge is 2.50. The topological polar surface area (TPSA) is 82.1 Å². The fourth-order valence-corrected chi connectivity index (χ4v) is 10.6. The van der Waals surface area contributed by atoms with Gasteiger partial charge in [0, 0.05) is 6.61 Å². The van der Waals surface area contributed by atoms with Crippen molar-refractivity contribution in [2.75, 3.05) is 13.2 Å². The van der Waals surface area contributed by atoms with Crippen LogP contribution in [0.1, 0.15) is 59.9 Å². The Kier molecular flexibility index (Phi) is 10.5. The van der Waals surface area contributed by atoms with Gasteiger partial charge in [-0.3, -0.25) is 9.59 Å². The third-order valence-electron chi connectivity index (χ3n) is 7.90. The molecule has 0 N–H and O–H groups in total. The minimum Gasteiger partial charge on any atom is -0.460 e. The highest BCUT2D eigenvalue weighted by molar-refractivity contribution is 6.99. The molecular weight excluding hydrogens is 570 g/mol. The van der Waals surface area contributed by atoms with Crippen LogP contribution >= 0.6 is 0 Å². The summed E-state index contributed by atoms with van der Waals surface area (Å²) in [5.41, 5.74) is 0.283. The molecular formula is C36H45NO6Si. The number of cyclic esters (lactones) is 1. The van der Waals surface area contributed by atoms with Gasteiger partial charge in [0.2, 0.25) is 5.91 Å². The summed E-state index contributed by atoms with van der Waals surface area (Å²) in [5.74, 6) is -1.76. The molecule has 234 valence electrons. The number of ether oxygens (including phenoxy) is 2. The molecule has 1 fully saturated rings. The number of imide groups is 1. The molecule has 2 unspecified atom stereocenters. The standard InChI is InChI=1S/C36H45NO6Si/c1-35(2,3)43-32(38)25-28(33(39)37-29(26-41-34(37)40)24-27-16-10-7-11-17-27)22-23-42-44(36(4,5)6,30-18-12-8-13-19-30)31-20-14-9-15-21-31/h7-21,28-29H,22-26H2,1-6H3. The average molecular weight is 616 g/mol. The van der Waals surface area contributed by atoms with E-state index in [2.05, 4.69) is 45.0 Å². The maximum Gasteiger partial charge on any atom is 0.416 e. The second-order valence-electron chi connectivity index (χ2n) is 13.4. The zero-order chi connectivity index (χ0) is 32.0. The van der Waals surface area contributed by atoms with Crippen LogP contribution in [0.3, 0.4) is 0 Å². The Morgan fingerprint density at radius 3 is 1.89 bits per heavy atom. The first-order chi connectivity index (χ1) is 20.8. The Morgan fingerprint density at radius 2 is 1.39 bits per heavy atom. The molecule has 1 aliphatic rings. The molecule has 0 spiro atoms. The summed E-state index contributed by atoms with van der Waals surface area (Å²) in [6.07, 6.45) is -0.138. The van der Waals surface area contributed by atoms with Crippen molar-refractivity contribution in [3.05, 3.63) is 96.6 Å². The molecule has 44 heavy (non-hydrogen) atoms. The van der Waals surface area contributed by atoms with Crippen molar-refractivity contribution in [3.63, 3.8) is 0 Å². The molecule has 0 bridgehead atoms. The lowest BCUT2D eigenvalue weighted by Gasteiger charge is -2.43. The highest BCUT2D eigenvalue weighted by atomic mass is 28.4. The predicted octanol–water partition coefficient (Wildman–Crippen LogP) is 5.89. The molecule has 1 heterocycles. The predicted molar refractivity (Wildman–Crippen MR) is 174 cm³/mol. The van der Waals surface area contributed by atoms with Crippen molar-refractivity contribution in [1.82, 2.24) is 4.90 Å². The molecule has 0 radical (unpaired) electrons. The van der Waals surface area contributed by atoms with Gasteiger partial charge < -0.3 is 13.9 Å². The number of hydrogen-bond acceptors (Lipinski definition) is 6. The van der Waals surface area contributed by atoms with Crippen molar-refractivity contribution in [2.45, 2.75) is 77.5 Å². The lowest BCUT2D eigenvalue weighted by atomic mass is 9.98. The molecule has 2 amide bonds. The van der Waals surface area contributed by atoms with Gasteiger partial charge in [0.25, 0.3) is 8.32 Å². The van der Waals surface area contributed by atoms with E-state index in [0.717, 1.165) is 15.9 Å². The molecule has 1 saturated heterocycles. The van der Waals surface area contributed by atoms with Gasteiger partial charge in [-0.05, 0) is 54.6 Å². The van der Waals surface area contributed by atoms with Gasteiger partial charge in [-0.15, -0.1) is 0 Å². The number of hydrogen-bond donors (Lipinski definition) is 0. The lowest BCUT2D eigenvalue weighted by Crippen LogP contribution is -2.66. The molecule has 0 aromatic heterocycles. The number of benzene rings is 3. The van der Waals surface area contributed by atoms with E-state index in [0.29, 0.717) is 6.42 Å². The van der Waals surface area contributed by atoms with Gasteiger partial charge in [0.1, 0.15) is 12.2 Å². The first-order valence-electron chi connectivity index (χ1n) is 15.3. The Bertz CT molecular complexity index is 1360. The van der Waals surface area contributed by atoms with E-state index in [1.165, 1.54) is 4.90 Å². The van der Waals surface area contributed by atoms with E-state index in [-0.39, 0.29) is 31.1 Å². The summed E-state index contributed by atoms with van der Waals surface area (Å²) in [6.45, 7) is 12.3. The van der Waals surface area contributed by atoms with E-state index in [4.69, 9.17) is 13.9 Å². The van der Waals surface area contributed by atoms with Crippen LogP contribution in [0, 0.1) is 5.92 Å². The summed E-state index contributed by atoms with van der Waals surface area (Å²) < 4.78 is 18.0. The zero-order valence-electron chi connectivity index (χ0n) is 26.7. The molecule has 3 aromatic carbocycles. The van der Waals surface area contributed by atoms with Crippen molar-refractivity contribution < 1.29 is 28.3 Å². The van der Waals surface area contributed by atoms with Crippen molar-refractivity contribution in [2.24, 2.45) is 5.92 Å². The molecule has 0 aliphatic carbocycles. The normalized spacial score (nSPS) is 16.4. The van der Waals surface area contributed by atoms with E-state index < -0.39 is 43.8 Å². The smallest absolute Gasteiger partial charge is 0.416 e. The summed E-state index contributed by atoms with van der Waals surface area (Å²) in [5, 5.41) is 2.00. The number of carbonyl (C=O) groups excluding carboxylic acids is 3. The Morgan fingerprint density at radius 1 is 0.864 bits per heavy atom. The quantitative estimate of drug-likeness (QED) is 0.198. The minimum atomic E-state index is -2.87. The summed E-state index contributed by atoms with van der Waals surface area (Å²) in [7, 11) is -2.87. The van der Waals surface area contributed by atoms with Crippen LogP contribution in [0.4, 0.5) is 4.79 Å². The number of nitrogens with zero attached hydrogens (tertiary/aromatic N) is 1. The van der Waals surface area contributed by atoms with Gasteiger partial charge in [0.15, 0.2) is 0 Å². The molecule has 8 heteroatoms. The second kappa shape index (κ2) is 13.9. The van der Waals surface area contributed by atoms with Crippen LogP contribution < -0.4 is 10.4 Å². The van der Waals surface area contributed by atoms with Gasteiger partial charge in [-0.25, -0.2) is 9.69 Å².